The average Bonchev–Trinajstić information content (AvgIpc) is 3.22. The highest BCUT2D eigenvalue weighted by Gasteiger charge is 2.27. The number of aryl methyl sites for hydroxylation is 1. The summed E-state index contributed by atoms with van der Waals surface area (Å²) in [6.45, 7) is 4.77. The standard InChI is InChI=1S/C19H19N3O4S/c1-3-25-19(24)22-9-8-14-15(10-20)18(27-16(14)11-22)21-17(23)7-6-13-5-4-12(2)26-13/h4-7H,3,8-9,11H2,1-2H3,(H,21,23). The first kappa shape index (κ1) is 18.7. The van der Waals surface area contributed by atoms with Gasteiger partial charge in [-0.15, -0.1) is 11.3 Å². The van der Waals surface area contributed by atoms with E-state index in [4.69, 9.17) is 9.15 Å². The fourth-order valence-corrected chi connectivity index (χ4v) is 4.05. The molecule has 27 heavy (non-hydrogen) atoms. The van der Waals surface area contributed by atoms with Crippen LogP contribution in [0.25, 0.3) is 6.08 Å². The number of ether oxygens (including phenoxy) is 1. The summed E-state index contributed by atoms with van der Waals surface area (Å²) >= 11 is 1.32. The van der Waals surface area contributed by atoms with Crippen LogP contribution in [0.3, 0.4) is 0 Å². The predicted molar refractivity (Wildman–Crippen MR) is 101 cm³/mol. The largest absolute Gasteiger partial charge is 0.462 e. The van der Waals surface area contributed by atoms with Crippen molar-refractivity contribution < 1.29 is 18.7 Å². The van der Waals surface area contributed by atoms with Gasteiger partial charge in [-0.05, 0) is 44.0 Å². The Morgan fingerprint density at radius 2 is 2.30 bits per heavy atom. The molecule has 2 amide bonds. The average molecular weight is 385 g/mol. The molecular weight excluding hydrogens is 366 g/mol. The molecule has 7 nitrogen and oxygen atoms in total. The van der Waals surface area contributed by atoms with E-state index in [1.807, 2.05) is 13.0 Å². The van der Waals surface area contributed by atoms with Crippen LogP contribution in [0.1, 0.15) is 34.4 Å². The van der Waals surface area contributed by atoms with Crippen LogP contribution < -0.4 is 5.32 Å². The zero-order chi connectivity index (χ0) is 19.4. The Morgan fingerprint density at radius 1 is 1.48 bits per heavy atom. The second-order valence-corrected chi connectivity index (χ2v) is 7.07. The Bertz CT molecular complexity index is 935. The molecule has 3 heterocycles. The molecule has 0 spiro atoms. The van der Waals surface area contributed by atoms with Crippen molar-refractivity contribution in [3.05, 3.63) is 45.7 Å². The van der Waals surface area contributed by atoms with E-state index in [0.717, 1.165) is 16.2 Å². The van der Waals surface area contributed by atoms with Gasteiger partial charge in [0.15, 0.2) is 0 Å². The van der Waals surface area contributed by atoms with Crippen LogP contribution in [0.15, 0.2) is 22.6 Å². The second kappa shape index (κ2) is 8.10. The first-order valence-electron chi connectivity index (χ1n) is 8.53. The molecule has 1 aliphatic rings. The number of amides is 2. The number of carbonyl (C=O) groups excluding carboxylic acids is 2. The highest BCUT2D eigenvalue weighted by Crippen LogP contribution is 2.36. The number of furan rings is 1. The summed E-state index contributed by atoms with van der Waals surface area (Å²) in [5.41, 5.74) is 1.36. The molecule has 3 rings (SSSR count). The van der Waals surface area contributed by atoms with Crippen molar-refractivity contribution in [2.24, 2.45) is 0 Å². The predicted octanol–water partition coefficient (Wildman–Crippen LogP) is 3.69. The maximum absolute atomic E-state index is 12.2. The van der Waals surface area contributed by atoms with Gasteiger partial charge in [-0.3, -0.25) is 4.79 Å². The lowest BCUT2D eigenvalue weighted by Crippen LogP contribution is -2.35. The van der Waals surface area contributed by atoms with Gasteiger partial charge in [0.2, 0.25) is 5.91 Å². The number of nitrogens with one attached hydrogen (secondary N) is 1. The molecule has 0 fully saturated rings. The van der Waals surface area contributed by atoms with Crippen LogP contribution in [0, 0.1) is 18.3 Å². The third-order valence-corrected chi connectivity index (χ3v) is 5.22. The van der Waals surface area contributed by atoms with E-state index in [9.17, 15) is 14.9 Å². The number of fused-ring (bicyclic) bond motifs is 1. The van der Waals surface area contributed by atoms with Gasteiger partial charge in [0.05, 0.1) is 18.7 Å². The Labute approximate surface area is 160 Å². The van der Waals surface area contributed by atoms with Gasteiger partial charge in [0.1, 0.15) is 22.6 Å². The molecule has 0 aliphatic carbocycles. The van der Waals surface area contributed by atoms with Crippen molar-refractivity contribution in [3.8, 4) is 6.07 Å². The highest BCUT2D eigenvalue weighted by molar-refractivity contribution is 7.16. The summed E-state index contributed by atoms with van der Waals surface area (Å²) in [6.07, 6.45) is 3.13. The number of thiophene rings is 1. The van der Waals surface area contributed by atoms with Crippen LogP contribution in [0.2, 0.25) is 0 Å². The molecule has 0 aromatic carbocycles. The van der Waals surface area contributed by atoms with E-state index in [2.05, 4.69) is 11.4 Å². The maximum atomic E-state index is 12.2. The third-order valence-electron chi connectivity index (χ3n) is 4.09. The monoisotopic (exact) mass is 385 g/mol. The van der Waals surface area contributed by atoms with Crippen LogP contribution >= 0.6 is 11.3 Å². The summed E-state index contributed by atoms with van der Waals surface area (Å²) in [5.74, 6) is 0.999. The Morgan fingerprint density at radius 3 is 2.96 bits per heavy atom. The summed E-state index contributed by atoms with van der Waals surface area (Å²) in [5, 5.41) is 12.8. The molecule has 0 saturated carbocycles. The lowest BCUT2D eigenvalue weighted by molar-refractivity contribution is -0.111. The van der Waals surface area contributed by atoms with Crippen molar-refractivity contribution in [1.29, 1.82) is 5.26 Å². The maximum Gasteiger partial charge on any atom is 0.410 e. The van der Waals surface area contributed by atoms with E-state index in [0.29, 0.717) is 42.4 Å². The molecule has 0 atom stereocenters. The van der Waals surface area contributed by atoms with Gasteiger partial charge >= 0.3 is 6.09 Å². The molecule has 0 radical (unpaired) electrons. The number of nitriles is 1. The van der Waals surface area contributed by atoms with Gasteiger partial charge < -0.3 is 19.4 Å². The van der Waals surface area contributed by atoms with Crippen LogP contribution in [0.5, 0.6) is 0 Å². The van der Waals surface area contributed by atoms with Crippen molar-refractivity contribution in [1.82, 2.24) is 4.90 Å². The quantitative estimate of drug-likeness (QED) is 0.810. The van der Waals surface area contributed by atoms with Gasteiger partial charge in [0, 0.05) is 17.5 Å². The van der Waals surface area contributed by atoms with Gasteiger partial charge in [-0.25, -0.2) is 4.79 Å². The van der Waals surface area contributed by atoms with Crippen LogP contribution in [0.4, 0.5) is 9.80 Å². The van der Waals surface area contributed by atoms with Crippen molar-refractivity contribution in [2.75, 3.05) is 18.5 Å². The Kier molecular flexibility index (Phi) is 5.62. The first-order chi connectivity index (χ1) is 13.0. The molecule has 2 aromatic rings. The second-order valence-electron chi connectivity index (χ2n) is 5.96. The fourth-order valence-electron chi connectivity index (χ4n) is 2.83. The smallest absolute Gasteiger partial charge is 0.410 e. The number of nitrogens with zero attached hydrogens (tertiary/aromatic N) is 2. The number of anilines is 1. The van der Waals surface area contributed by atoms with E-state index >= 15 is 0 Å². The van der Waals surface area contributed by atoms with E-state index in [-0.39, 0.29) is 12.0 Å². The molecule has 0 unspecified atom stereocenters. The van der Waals surface area contributed by atoms with Crippen molar-refractivity contribution in [2.45, 2.75) is 26.8 Å². The molecular formula is C19H19N3O4S. The van der Waals surface area contributed by atoms with Gasteiger partial charge in [-0.2, -0.15) is 5.26 Å². The van der Waals surface area contributed by atoms with Crippen LogP contribution in [-0.2, 0) is 22.5 Å². The summed E-state index contributed by atoms with van der Waals surface area (Å²) in [7, 11) is 0. The van der Waals surface area contributed by atoms with E-state index in [1.165, 1.54) is 17.4 Å². The molecule has 0 bridgehead atoms. The summed E-state index contributed by atoms with van der Waals surface area (Å²) in [4.78, 5) is 26.6. The first-order valence-corrected chi connectivity index (χ1v) is 9.35. The zero-order valence-corrected chi connectivity index (χ0v) is 15.9. The zero-order valence-electron chi connectivity index (χ0n) is 15.1. The van der Waals surface area contributed by atoms with Gasteiger partial charge in [-0.1, -0.05) is 0 Å². The topological polar surface area (TPSA) is 95.6 Å². The number of carbonyl (C=O) groups is 2. The summed E-state index contributed by atoms with van der Waals surface area (Å²) < 4.78 is 10.4. The lowest BCUT2D eigenvalue weighted by atomic mass is 10.0. The molecule has 0 saturated heterocycles. The van der Waals surface area contributed by atoms with Gasteiger partial charge in [0.25, 0.3) is 0 Å². The van der Waals surface area contributed by atoms with Crippen molar-refractivity contribution in [3.63, 3.8) is 0 Å². The Hall–Kier alpha value is -3.05. The number of hydrogen-bond acceptors (Lipinski definition) is 6. The molecule has 2 aromatic heterocycles. The van der Waals surface area contributed by atoms with Crippen LogP contribution in [-0.4, -0.2) is 30.1 Å². The third kappa shape index (κ3) is 4.20. The normalized spacial score (nSPS) is 13.3. The fraction of sp³-hybridized carbons (Fsp3) is 0.316. The molecule has 1 aliphatic heterocycles. The van der Waals surface area contributed by atoms with Crippen molar-refractivity contribution >= 4 is 34.4 Å². The van der Waals surface area contributed by atoms with E-state index < -0.39 is 0 Å². The number of rotatable bonds is 4. The SMILES string of the molecule is CCOC(=O)N1CCc2c(sc(NC(=O)C=Cc3ccc(C)o3)c2C#N)C1. The number of hydrogen-bond donors (Lipinski definition) is 1. The summed E-state index contributed by atoms with van der Waals surface area (Å²) in [6, 6.07) is 5.76. The highest BCUT2D eigenvalue weighted by atomic mass is 32.1. The molecule has 140 valence electrons. The Balaban J connectivity index is 1.73. The minimum absolute atomic E-state index is 0.318. The van der Waals surface area contributed by atoms with E-state index in [1.54, 1.807) is 24.0 Å². The lowest BCUT2D eigenvalue weighted by Gasteiger charge is -2.25. The molecule has 1 N–H and O–H groups in total. The molecule has 8 heteroatoms. The minimum atomic E-state index is -0.364. The minimum Gasteiger partial charge on any atom is -0.462 e.